The van der Waals surface area contributed by atoms with E-state index in [1.807, 2.05) is 31.1 Å². The number of benzene rings is 3. The summed E-state index contributed by atoms with van der Waals surface area (Å²) in [5.74, 6) is 0.387. The summed E-state index contributed by atoms with van der Waals surface area (Å²) in [6, 6.07) is 21.0. The van der Waals surface area contributed by atoms with Crippen LogP contribution in [-0.4, -0.2) is 33.3 Å². The summed E-state index contributed by atoms with van der Waals surface area (Å²) in [5.41, 5.74) is -0.327. The van der Waals surface area contributed by atoms with Crippen LogP contribution < -0.4 is 24.2 Å². The summed E-state index contributed by atoms with van der Waals surface area (Å²) < 4.78 is 17.1. The first-order valence-corrected chi connectivity index (χ1v) is 10.5. The zero-order chi connectivity index (χ0) is 23.1. The molecule has 168 valence electrons. The predicted molar refractivity (Wildman–Crippen MR) is 123 cm³/mol. The first kappa shape index (κ1) is 23.3. The number of nitrogens with zero attached hydrogens (tertiary/aromatic N) is 1. The number of carboxylic acids is 1. The van der Waals surface area contributed by atoms with Gasteiger partial charge in [0.25, 0.3) is 0 Å². The molecule has 0 saturated heterocycles. The van der Waals surface area contributed by atoms with E-state index in [0.29, 0.717) is 41.0 Å². The van der Waals surface area contributed by atoms with E-state index in [-0.39, 0.29) is 0 Å². The average molecular weight is 455 g/mol. The number of halogens is 1. The van der Waals surface area contributed by atoms with E-state index in [4.69, 9.17) is 25.8 Å². The second-order valence-electron chi connectivity index (χ2n) is 7.49. The highest BCUT2D eigenvalue weighted by atomic mass is 35.5. The smallest absolute Gasteiger partial charge is 0.170 e. The minimum absolute atomic E-state index is 0.327. The molecule has 6 nitrogen and oxygen atoms in total. The largest absolute Gasteiger partial charge is 0.545 e. The molecule has 0 heterocycles. The highest BCUT2D eigenvalue weighted by Gasteiger charge is 2.31. The molecule has 3 aromatic carbocycles. The van der Waals surface area contributed by atoms with Crippen molar-refractivity contribution < 1.29 is 24.1 Å². The molecule has 0 aliphatic carbocycles. The van der Waals surface area contributed by atoms with Crippen LogP contribution in [0, 0.1) is 0 Å². The van der Waals surface area contributed by atoms with E-state index in [9.17, 15) is 9.90 Å². The van der Waals surface area contributed by atoms with Crippen molar-refractivity contribution in [3.8, 4) is 17.2 Å². The number of hydrogen-bond acceptors (Lipinski definition) is 6. The Hall–Kier alpha value is -3.38. The molecule has 0 aliphatic heterocycles. The van der Waals surface area contributed by atoms with Crippen molar-refractivity contribution >= 4 is 23.3 Å². The lowest BCUT2D eigenvalue weighted by molar-refractivity contribution is -0.322. The van der Waals surface area contributed by atoms with Gasteiger partial charge in [-0.25, -0.2) is 0 Å². The van der Waals surface area contributed by atoms with Gasteiger partial charge in [-0.3, -0.25) is 0 Å². The SMILES string of the molecule is CN(C)c1cccc(OC(C)(C(=O)[O-])c2ccc(OCCOc3ccc(Cl)cc3)cc2)c1. The molecule has 0 saturated carbocycles. The molecule has 0 aromatic heterocycles. The Morgan fingerprint density at radius 1 is 0.906 bits per heavy atom. The van der Waals surface area contributed by atoms with Crippen LogP contribution in [0.2, 0.25) is 5.02 Å². The van der Waals surface area contributed by atoms with Crippen LogP contribution >= 0.6 is 11.6 Å². The zero-order valence-electron chi connectivity index (χ0n) is 18.2. The summed E-state index contributed by atoms with van der Waals surface area (Å²) in [5, 5.41) is 12.6. The molecular weight excluding hydrogens is 430 g/mol. The highest BCUT2D eigenvalue weighted by molar-refractivity contribution is 6.30. The predicted octanol–water partition coefficient (Wildman–Crippen LogP) is 3.91. The van der Waals surface area contributed by atoms with Crippen LogP contribution in [0.3, 0.4) is 0 Å². The molecule has 0 aliphatic rings. The maximum atomic E-state index is 12.0. The van der Waals surface area contributed by atoms with Crippen LogP contribution in [0.5, 0.6) is 17.2 Å². The second kappa shape index (κ2) is 10.3. The van der Waals surface area contributed by atoms with Crippen molar-refractivity contribution in [1.29, 1.82) is 0 Å². The normalized spacial score (nSPS) is 12.5. The number of hydrogen-bond donors (Lipinski definition) is 0. The van der Waals surface area contributed by atoms with Gasteiger partial charge in [0.15, 0.2) is 5.60 Å². The molecule has 0 radical (unpaired) electrons. The molecule has 1 unspecified atom stereocenters. The van der Waals surface area contributed by atoms with Gasteiger partial charge in [-0.1, -0.05) is 29.8 Å². The molecule has 3 aromatic rings. The Labute approximate surface area is 192 Å². The van der Waals surface area contributed by atoms with Crippen molar-refractivity contribution in [2.45, 2.75) is 12.5 Å². The van der Waals surface area contributed by atoms with E-state index in [1.54, 1.807) is 60.7 Å². The van der Waals surface area contributed by atoms with Crippen molar-refractivity contribution in [3.05, 3.63) is 83.4 Å². The molecule has 0 N–H and O–H groups in total. The topological polar surface area (TPSA) is 71.1 Å². The number of rotatable bonds is 10. The quantitative estimate of drug-likeness (QED) is 0.432. The van der Waals surface area contributed by atoms with Gasteiger partial charge in [0.2, 0.25) is 0 Å². The number of anilines is 1. The number of carbonyl (C=O) groups excluding carboxylic acids is 1. The fourth-order valence-electron chi connectivity index (χ4n) is 3.00. The van der Waals surface area contributed by atoms with Gasteiger partial charge in [0.05, 0.1) is 5.97 Å². The fourth-order valence-corrected chi connectivity index (χ4v) is 3.12. The van der Waals surface area contributed by atoms with Crippen LogP contribution in [-0.2, 0) is 10.4 Å². The molecule has 3 rings (SSSR count). The minimum Gasteiger partial charge on any atom is -0.545 e. The van der Waals surface area contributed by atoms with Crippen LogP contribution in [0.4, 0.5) is 5.69 Å². The molecule has 7 heteroatoms. The van der Waals surface area contributed by atoms with Crippen molar-refractivity contribution in [3.63, 3.8) is 0 Å². The molecular formula is C25H25ClNO5-. The summed E-state index contributed by atoms with van der Waals surface area (Å²) in [6.07, 6.45) is 0. The zero-order valence-corrected chi connectivity index (χ0v) is 19.0. The van der Waals surface area contributed by atoms with Gasteiger partial charge in [-0.2, -0.15) is 0 Å². The van der Waals surface area contributed by atoms with E-state index in [0.717, 1.165) is 5.69 Å². The van der Waals surface area contributed by atoms with Gasteiger partial charge >= 0.3 is 0 Å². The van der Waals surface area contributed by atoms with E-state index >= 15 is 0 Å². The first-order valence-electron chi connectivity index (χ1n) is 10.1. The van der Waals surface area contributed by atoms with Crippen molar-refractivity contribution in [2.24, 2.45) is 0 Å². The number of carboxylic acid groups (broad SMARTS) is 1. The molecule has 1 atom stereocenters. The van der Waals surface area contributed by atoms with Gasteiger partial charge in [0, 0.05) is 36.4 Å². The standard InChI is InChI=1S/C25H26ClNO5/c1-25(24(28)29,32-23-6-4-5-20(17-23)27(2)3)18-7-11-21(12-8-18)30-15-16-31-22-13-9-19(26)10-14-22/h4-14,17H,15-16H2,1-3H3,(H,28,29)/p-1. The number of carbonyl (C=O) groups is 1. The third-order valence-electron chi connectivity index (χ3n) is 4.89. The molecule has 0 amide bonds. The summed E-state index contributed by atoms with van der Waals surface area (Å²) >= 11 is 5.85. The lowest BCUT2D eigenvalue weighted by Gasteiger charge is -2.32. The molecule has 0 fully saturated rings. The van der Waals surface area contributed by atoms with Crippen LogP contribution in [0.1, 0.15) is 12.5 Å². The average Bonchev–Trinajstić information content (AvgIpc) is 2.78. The van der Waals surface area contributed by atoms with E-state index < -0.39 is 11.6 Å². The van der Waals surface area contributed by atoms with Crippen LogP contribution in [0.15, 0.2) is 72.8 Å². The van der Waals surface area contributed by atoms with Crippen molar-refractivity contribution in [2.75, 3.05) is 32.2 Å². The van der Waals surface area contributed by atoms with Gasteiger partial charge in [0.1, 0.15) is 30.5 Å². The molecule has 0 spiro atoms. The maximum Gasteiger partial charge on any atom is 0.170 e. The monoisotopic (exact) mass is 454 g/mol. The van der Waals surface area contributed by atoms with E-state index in [1.165, 1.54) is 6.92 Å². The van der Waals surface area contributed by atoms with Crippen LogP contribution in [0.25, 0.3) is 0 Å². The minimum atomic E-state index is -1.67. The summed E-state index contributed by atoms with van der Waals surface area (Å²) in [6.45, 7) is 2.15. The summed E-state index contributed by atoms with van der Waals surface area (Å²) in [7, 11) is 3.80. The number of ether oxygens (including phenoxy) is 3. The van der Waals surface area contributed by atoms with Gasteiger partial charge < -0.3 is 29.0 Å². The first-order chi connectivity index (χ1) is 15.3. The molecule has 0 bridgehead atoms. The summed E-state index contributed by atoms with van der Waals surface area (Å²) in [4.78, 5) is 13.9. The Morgan fingerprint density at radius 2 is 1.47 bits per heavy atom. The Balaban J connectivity index is 1.63. The fraction of sp³-hybridized carbons (Fsp3) is 0.240. The third-order valence-corrected chi connectivity index (χ3v) is 5.14. The lowest BCUT2D eigenvalue weighted by atomic mass is 9.95. The Bertz CT molecular complexity index is 1040. The second-order valence-corrected chi connectivity index (χ2v) is 7.93. The molecule has 32 heavy (non-hydrogen) atoms. The van der Waals surface area contributed by atoms with Crippen molar-refractivity contribution in [1.82, 2.24) is 0 Å². The third kappa shape index (κ3) is 5.86. The Morgan fingerprint density at radius 3 is 2.00 bits per heavy atom. The number of aliphatic carboxylic acids is 1. The van der Waals surface area contributed by atoms with Gasteiger partial charge in [-0.05, 0) is 55.5 Å². The lowest BCUT2D eigenvalue weighted by Crippen LogP contribution is -2.47. The Kier molecular flexibility index (Phi) is 7.49. The highest BCUT2D eigenvalue weighted by Crippen LogP contribution is 2.31. The maximum absolute atomic E-state index is 12.0. The van der Waals surface area contributed by atoms with E-state index in [2.05, 4.69) is 0 Å². The van der Waals surface area contributed by atoms with Gasteiger partial charge in [-0.15, -0.1) is 0 Å².